The first-order valence-electron chi connectivity index (χ1n) is 8.13. The predicted octanol–water partition coefficient (Wildman–Crippen LogP) is 1.38. The summed E-state index contributed by atoms with van der Waals surface area (Å²) >= 11 is 1.63. The lowest BCUT2D eigenvalue weighted by Crippen LogP contribution is -2.49. The molecule has 3 rings (SSSR count). The monoisotopic (exact) mass is 347 g/mol. The second-order valence-electron chi connectivity index (χ2n) is 5.83. The average molecular weight is 347 g/mol. The summed E-state index contributed by atoms with van der Waals surface area (Å²) in [5, 5.41) is 7.25. The van der Waals surface area contributed by atoms with E-state index in [4.69, 9.17) is 0 Å². The largest absolute Gasteiger partial charge is 0.345 e. The van der Waals surface area contributed by atoms with Crippen LogP contribution in [0.2, 0.25) is 0 Å². The summed E-state index contributed by atoms with van der Waals surface area (Å²) in [5.74, 6) is -0.116. The Balaban J connectivity index is 1.67. The van der Waals surface area contributed by atoms with Crippen LogP contribution in [-0.4, -0.2) is 51.8 Å². The molecule has 1 saturated heterocycles. The van der Waals surface area contributed by atoms with Gasteiger partial charge in [0.25, 0.3) is 11.5 Å². The summed E-state index contributed by atoms with van der Waals surface area (Å²) in [6.45, 7) is 7.26. The van der Waals surface area contributed by atoms with Gasteiger partial charge in [0, 0.05) is 44.2 Å². The van der Waals surface area contributed by atoms with Gasteiger partial charge in [-0.25, -0.2) is 9.67 Å². The predicted molar refractivity (Wildman–Crippen MR) is 93.8 cm³/mol. The van der Waals surface area contributed by atoms with Gasteiger partial charge >= 0.3 is 0 Å². The van der Waals surface area contributed by atoms with E-state index in [9.17, 15) is 9.59 Å². The minimum absolute atomic E-state index is 0.116. The Morgan fingerprint density at radius 2 is 2.00 bits per heavy atom. The molecule has 3 heterocycles. The maximum Gasteiger partial charge on any atom is 0.274 e. The Hall–Kier alpha value is -2.22. The van der Waals surface area contributed by atoms with Crippen LogP contribution < -0.4 is 10.5 Å². The fourth-order valence-corrected chi connectivity index (χ4v) is 3.54. The number of amides is 1. The van der Waals surface area contributed by atoms with Crippen LogP contribution in [0.4, 0.5) is 5.13 Å². The van der Waals surface area contributed by atoms with E-state index >= 15 is 0 Å². The molecule has 1 fully saturated rings. The van der Waals surface area contributed by atoms with Crippen LogP contribution in [0, 0.1) is 6.92 Å². The van der Waals surface area contributed by atoms with Crippen molar-refractivity contribution in [2.75, 3.05) is 31.1 Å². The summed E-state index contributed by atoms with van der Waals surface area (Å²) in [4.78, 5) is 32.8. The molecule has 0 spiro atoms. The molecule has 128 valence electrons. The van der Waals surface area contributed by atoms with Crippen molar-refractivity contribution in [3.63, 3.8) is 0 Å². The van der Waals surface area contributed by atoms with Crippen molar-refractivity contribution < 1.29 is 4.79 Å². The Morgan fingerprint density at radius 3 is 2.62 bits per heavy atom. The maximum atomic E-state index is 12.6. The number of nitrogens with zero attached hydrogens (tertiary/aromatic N) is 5. The summed E-state index contributed by atoms with van der Waals surface area (Å²) in [5.41, 5.74) is 1.19. The highest BCUT2D eigenvalue weighted by Crippen LogP contribution is 2.21. The van der Waals surface area contributed by atoms with Gasteiger partial charge in [-0.1, -0.05) is 6.92 Å². The highest BCUT2D eigenvalue weighted by atomic mass is 32.1. The van der Waals surface area contributed by atoms with Crippen LogP contribution in [-0.2, 0) is 6.54 Å². The third-order valence-electron chi connectivity index (χ3n) is 3.97. The highest BCUT2D eigenvalue weighted by Gasteiger charge is 2.24. The number of thiazole rings is 1. The molecule has 0 saturated carbocycles. The molecule has 1 aliphatic heterocycles. The van der Waals surface area contributed by atoms with Crippen molar-refractivity contribution >= 4 is 22.4 Å². The van der Waals surface area contributed by atoms with Crippen LogP contribution >= 0.6 is 11.3 Å². The van der Waals surface area contributed by atoms with Gasteiger partial charge in [0.1, 0.15) is 5.69 Å². The molecule has 0 bridgehead atoms. The third-order valence-corrected chi connectivity index (χ3v) is 4.98. The molecule has 0 aliphatic carbocycles. The molecule has 24 heavy (non-hydrogen) atoms. The molecule has 7 nitrogen and oxygen atoms in total. The lowest BCUT2D eigenvalue weighted by Gasteiger charge is -2.34. The van der Waals surface area contributed by atoms with Gasteiger partial charge in [-0.05, 0) is 19.4 Å². The van der Waals surface area contributed by atoms with Gasteiger partial charge in [0.05, 0.1) is 5.69 Å². The van der Waals surface area contributed by atoms with E-state index in [0.717, 1.165) is 30.3 Å². The van der Waals surface area contributed by atoms with Crippen molar-refractivity contribution in [1.82, 2.24) is 19.7 Å². The van der Waals surface area contributed by atoms with Crippen molar-refractivity contribution in [3.05, 3.63) is 39.3 Å². The summed E-state index contributed by atoms with van der Waals surface area (Å²) in [7, 11) is 0. The van der Waals surface area contributed by atoms with Gasteiger partial charge in [-0.3, -0.25) is 9.59 Å². The van der Waals surface area contributed by atoms with E-state index in [1.807, 2.05) is 19.2 Å². The summed E-state index contributed by atoms with van der Waals surface area (Å²) in [6, 6.07) is 2.94. The van der Waals surface area contributed by atoms with Gasteiger partial charge in [0.2, 0.25) is 0 Å². The van der Waals surface area contributed by atoms with Gasteiger partial charge in [-0.2, -0.15) is 5.10 Å². The first-order chi connectivity index (χ1) is 11.6. The number of hydrogen-bond acceptors (Lipinski definition) is 6. The molecule has 0 N–H and O–H groups in total. The third kappa shape index (κ3) is 3.48. The fraction of sp³-hybridized carbons (Fsp3) is 0.500. The van der Waals surface area contributed by atoms with Gasteiger partial charge in [-0.15, -0.1) is 11.3 Å². The number of anilines is 1. The van der Waals surface area contributed by atoms with Crippen LogP contribution in [0.15, 0.2) is 22.3 Å². The number of piperazine rings is 1. The number of hydrogen-bond donors (Lipinski definition) is 0. The average Bonchev–Trinajstić information content (AvgIpc) is 3.03. The molecule has 2 aromatic heterocycles. The topological polar surface area (TPSA) is 71.3 Å². The van der Waals surface area contributed by atoms with Crippen LogP contribution in [0.5, 0.6) is 0 Å². The van der Waals surface area contributed by atoms with Gasteiger partial charge < -0.3 is 9.80 Å². The first-order valence-corrected chi connectivity index (χ1v) is 9.01. The molecule has 2 aromatic rings. The molecule has 1 aliphatic rings. The minimum atomic E-state index is -0.169. The van der Waals surface area contributed by atoms with Crippen LogP contribution in [0.1, 0.15) is 29.5 Å². The number of carbonyl (C=O) groups excluding carboxylic acids is 1. The van der Waals surface area contributed by atoms with E-state index in [0.29, 0.717) is 25.3 Å². The number of aryl methyl sites for hydroxylation is 2. The van der Waals surface area contributed by atoms with Crippen molar-refractivity contribution in [2.24, 2.45) is 0 Å². The first kappa shape index (κ1) is 16.6. The van der Waals surface area contributed by atoms with Gasteiger partial charge in [0.15, 0.2) is 5.13 Å². The van der Waals surface area contributed by atoms with E-state index in [1.165, 1.54) is 16.8 Å². The Bertz CT molecular complexity index is 777. The SMILES string of the molecule is CCCn1nc(C(=O)N2CCN(c3nc(C)cs3)CC2)ccc1=O. The van der Waals surface area contributed by atoms with Crippen molar-refractivity contribution in [1.29, 1.82) is 0 Å². The lowest BCUT2D eigenvalue weighted by atomic mass is 10.2. The van der Waals surface area contributed by atoms with Crippen molar-refractivity contribution in [2.45, 2.75) is 26.8 Å². The Kier molecular flexibility index (Phi) is 4.94. The molecule has 0 atom stereocenters. The summed E-state index contributed by atoms with van der Waals surface area (Å²) in [6.07, 6.45) is 0.802. The highest BCUT2D eigenvalue weighted by molar-refractivity contribution is 7.13. The molecule has 0 aromatic carbocycles. The van der Waals surface area contributed by atoms with Crippen molar-refractivity contribution in [3.8, 4) is 0 Å². The van der Waals surface area contributed by atoms with Crippen LogP contribution in [0.25, 0.3) is 0 Å². The summed E-state index contributed by atoms with van der Waals surface area (Å²) < 4.78 is 1.36. The number of rotatable bonds is 4. The molecule has 8 heteroatoms. The zero-order valence-corrected chi connectivity index (χ0v) is 14.8. The number of aromatic nitrogens is 3. The molecule has 0 unspecified atom stereocenters. The van der Waals surface area contributed by atoms with Crippen LogP contribution in [0.3, 0.4) is 0 Å². The second kappa shape index (κ2) is 7.12. The zero-order valence-electron chi connectivity index (χ0n) is 13.9. The molecular formula is C16H21N5O2S. The fourth-order valence-electron chi connectivity index (χ4n) is 2.68. The quantitative estimate of drug-likeness (QED) is 0.836. The smallest absolute Gasteiger partial charge is 0.274 e. The standard InChI is InChI=1S/C16H21N5O2S/c1-3-6-21-14(22)5-4-13(18-21)15(23)19-7-9-20(10-8-19)16-17-12(2)11-24-16/h4-5,11H,3,6-10H2,1-2H3. The lowest BCUT2D eigenvalue weighted by molar-refractivity contribution is 0.0738. The van der Waals surface area contributed by atoms with E-state index < -0.39 is 0 Å². The number of carbonyl (C=O) groups is 1. The molecular weight excluding hydrogens is 326 g/mol. The molecule has 1 amide bonds. The van der Waals surface area contributed by atoms with E-state index in [2.05, 4.69) is 15.0 Å². The minimum Gasteiger partial charge on any atom is -0.345 e. The second-order valence-corrected chi connectivity index (χ2v) is 6.67. The Labute approximate surface area is 144 Å². The normalized spacial score (nSPS) is 14.9. The van der Waals surface area contributed by atoms with E-state index in [1.54, 1.807) is 16.2 Å². The molecule has 0 radical (unpaired) electrons. The zero-order chi connectivity index (χ0) is 17.1. The Morgan fingerprint density at radius 1 is 1.25 bits per heavy atom. The maximum absolute atomic E-state index is 12.6. The van der Waals surface area contributed by atoms with E-state index in [-0.39, 0.29) is 11.5 Å².